The van der Waals surface area contributed by atoms with Crippen molar-refractivity contribution in [1.29, 1.82) is 0 Å². The van der Waals surface area contributed by atoms with Gasteiger partial charge in [-0.3, -0.25) is 14.6 Å². The first-order valence-electron chi connectivity index (χ1n) is 9.29. The molecule has 0 radical (unpaired) electrons. The number of carbonyl (C=O) groups excluding carboxylic acids is 2. The number of hydrogen-bond acceptors (Lipinski definition) is 5. The van der Waals surface area contributed by atoms with Crippen LogP contribution in [0.15, 0.2) is 67.0 Å². The van der Waals surface area contributed by atoms with E-state index in [4.69, 9.17) is 4.74 Å². The molecule has 6 nitrogen and oxygen atoms in total. The summed E-state index contributed by atoms with van der Waals surface area (Å²) in [7, 11) is 1.63. The van der Waals surface area contributed by atoms with E-state index < -0.39 is 0 Å². The highest BCUT2D eigenvalue weighted by Crippen LogP contribution is 2.18. The summed E-state index contributed by atoms with van der Waals surface area (Å²) in [5.41, 5.74) is 3.64. The quantitative estimate of drug-likeness (QED) is 0.569. The summed E-state index contributed by atoms with van der Waals surface area (Å²) in [6, 6.07) is 16.7. The molecule has 0 saturated heterocycles. The van der Waals surface area contributed by atoms with Crippen LogP contribution < -0.4 is 15.4 Å². The van der Waals surface area contributed by atoms with Crippen LogP contribution in [-0.2, 0) is 6.42 Å². The second kappa shape index (κ2) is 9.50. The Morgan fingerprint density at radius 1 is 0.966 bits per heavy atom. The lowest BCUT2D eigenvalue weighted by Crippen LogP contribution is -2.25. The maximum absolute atomic E-state index is 12.4. The first-order valence-corrected chi connectivity index (χ1v) is 9.29. The Bertz CT molecular complexity index is 1000. The summed E-state index contributed by atoms with van der Waals surface area (Å²) < 4.78 is 5.14. The van der Waals surface area contributed by atoms with Crippen molar-refractivity contribution in [1.82, 2.24) is 10.3 Å². The van der Waals surface area contributed by atoms with Crippen molar-refractivity contribution in [2.24, 2.45) is 0 Å². The van der Waals surface area contributed by atoms with Crippen LogP contribution in [0.25, 0.3) is 0 Å². The van der Waals surface area contributed by atoms with Crippen LogP contribution in [0, 0.1) is 0 Å². The number of nitrogens with one attached hydrogen (secondary N) is 2. The average Bonchev–Trinajstić information content (AvgIpc) is 2.74. The third-order valence-electron chi connectivity index (χ3n) is 4.42. The number of carbonyl (C=O) groups is 2. The van der Waals surface area contributed by atoms with Gasteiger partial charge in [0, 0.05) is 24.0 Å². The smallest absolute Gasteiger partial charge is 0.252 e. The molecule has 0 aliphatic carbocycles. The minimum absolute atomic E-state index is 0.00300. The molecule has 0 aliphatic rings. The van der Waals surface area contributed by atoms with Gasteiger partial charge in [0.25, 0.3) is 5.91 Å². The van der Waals surface area contributed by atoms with E-state index in [1.54, 1.807) is 31.5 Å². The van der Waals surface area contributed by atoms with Gasteiger partial charge in [-0.2, -0.15) is 0 Å². The molecular formula is C23H23N3O3. The van der Waals surface area contributed by atoms with Gasteiger partial charge in [0.2, 0.25) is 0 Å². The van der Waals surface area contributed by atoms with Gasteiger partial charge in [0.05, 0.1) is 24.6 Å². The Balaban J connectivity index is 1.58. The Morgan fingerprint density at radius 2 is 1.72 bits per heavy atom. The number of anilines is 2. The number of hydrogen-bond donors (Lipinski definition) is 2. The normalized spacial score (nSPS) is 10.3. The number of Topliss-reactive ketones (excluding diaryl/α,β-unsaturated/α-hetero) is 1. The monoisotopic (exact) mass is 389 g/mol. The Morgan fingerprint density at radius 3 is 2.45 bits per heavy atom. The first kappa shape index (κ1) is 20.1. The molecule has 0 saturated carbocycles. The fraction of sp³-hybridized carbons (Fsp3) is 0.174. The van der Waals surface area contributed by atoms with Crippen molar-refractivity contribution >= 4 is 23.1 Å². The maximum atomic E-state index is 12.4. The van der Waals surface area contributed by atoms with Gasteiger partial charge in [-0.15, -0.1) is 0 Å². The minimum atomic E-state index is -0.188. The van der Waals surface area contributed by atoms with Crippen LogP contribution in [0.1, 0.15) is 33.2 Å². The van der Waals surface area contributed by atoms with E-state index in [0.717, 1.165) is 23.4 Å². The van der Waals surface area contributed by atoms with Crippen molar-refractivity contribution in [3.8, 4) is 5.75 Å². The second-order valence-electron chi connectivity index (χ2n) is 6.58. The first-order chi connectivity index (χ1) is 14.0. The number of pyridine rings is 1. The molecule has 1 amide bonds. The number of rotatable bonds is 8. The number of methoxy groups -OCH3 is 1. The highest BCUT2D eigenvalue weighted by Gasteiger charge is 2.08. The molecule has 6 heteroatoms. The molecule has 2 aromatic carbocycles. The zero-order chi connectivity index (χ0) is 20.6. The van der Waals surface area contributed by atoms with Gasteiger partial charge >= 0.3 is 0 Å². The molecule has 1 heterocycles. The summed E-state index contributed by atoms with van der Waals surface area (Å²) in [6.45, 7) is 2.04. The number of aromatic nitrogens is 1. The van der Waals surface area contributed by atoms with Crippen molar-refractivity contribution in [2.45, 2.75) is 13.3 Å². The van der Waals surface area contributed by atoms with E-state index in [2.05, 4.69) is 15.6 Å². The molecule has 148 valence electrons. The Kier molecular flexibility index (Phi) is 6.58. The highest BCUT2D eigenvalue weighted by atomic mass is 16.5. The van der Waals surface area contributed by atoms with Crippen LogP contribution in [0.3, 0.4) is 0 Å². The highest BCUT2D eigenvalue weighted by molar-refractivity contribution is 5.96. The van der Waals surface area contributed by atoms with Gasteiger partial charge < -0.3 is 15.4 Å². The number of benzene rings is 2. The lowest BCUT2D eigenvalue weighted by atomic mass is 10.1. The molecule has 0 fully saturated rings. The third-order valence-corrected chi connectivity index (χ3v) is 4.42. The van der Waals surface area contributed by atoms with E-state index in [9.17, 15) is 9.59 Å². The molecule has 1 aromatic heterocycles. The summed E-state index contributed by atoms with van der Waals surface area (Å²) in [6.07, 6.45) is 3.88. The number of nitrogens with zero attached hydrogens (tertiary/aromatic N) is 1. The lowest BCUT2D eigenvalue weighted by Gasteiger charge is -2.10. The van der Waals surface area contributed by atoms with Crippen molar-refractivity contribution in [2.75, 3.05) is 19.0 Å². The summed E-state index contributed by atoms with van der Waals surface area (Å²) in [5.74, 6) is 0.617. The average molecular weight is 389 g/mol. The zero-order valence-electron chi connectivity index (χ0n) is 16.4. The lowest BCUT2D eigenvalue weighted by molar-refractivity contribution is 0.0952. The molecule has 0 bridgehead atoms. The van der Waals surface area contributed by atoms with E-state index in [1.165, 1.54) is 13.1 Å². The van der Waals surface area contributed by atoms with Crippen LogP contribution in [0.5, 0.6) is 5.75 Å². The Hall–Kier alpha value is -3.67. The molecular weight excluding hydrogens is 366 g/mol. The topological polar surface area (TPSA) is 80.3 Å². The molecule has 3 rings (SSSR count). The fourth-order valence-electron chi connectivity index (χ4n) is 2.83. The largest absolute Gasteiger partial charge is 0.497 e. The molecule has 0 aliphatic heterocycles. The van der Waals surface area contributed by atoms with E-state index in [0.29, 0.717) is 23.4 Å². The number of amides is 1. The standard InChI is InChI=1S/C23H23N3O3/c1-16(27)18-4-3-5-20(12-18)26-21-13-19(14-24-15-21)23(28)25-11-10-17-6-8-22(29-2)9-7-17/h3-9,12-15,26H,10-11H2,1-2H3,(H,25,28). The molecule has 3 aromatic rings. The van der Waals surface area contributed by atoms with E-state index >= 15 is 0 Å². The second-order valence-corrected chi connectivity index (χ2v) is 6.58. The van der Waals surface area contributed by atoms with Crippen LogP contribution in [0.2, 0.25) is 0 Å². The maximum Gasteiger partial charge on any atom is 0.252 e. The fourth-order valence-corrected chi connectivity index (χ4v) is 2.83. The van der Waals surface area contributed by atoms with Crippen LogP contribution in [0.4, 0.5) is 11.4 Å². The molecule has 0 spiro atoms. The van der Waals surface area contributed by atoms with Gasteiger partial charge in [-0.1, -0.05) is 24.3 Å². The van der Waals surface area contributed by atoms with Crippen molar-refractivity contribution in [3.05, 3.63) is 83.7 Å². The van der Waals surface area contributed by atoms with Gasteiger partial charge in [0.15, 0.2) is 5.78 Å². The SMILES string of the molecule is COc1ccc(CCNC(=O)c2cncc(Nc3cccc(C(C)=O)c3)c2)cc1. The van der Waals surface area contributed by atoms with Gasteiger partial charge in [-0.25, -0.2) is 0 Å². The molecule has 0 unspecified atom stereocenters. The molecule has 0 atom stereocenters. The van der Waals surface area contributed by atoms with Crippen molar-refractivity contribution < 1.29 is 14.3 Å². The van der Waals surface area contributed by atoms with Crippen LogP contribution >= 0.6 is 0 Å². The number of ether oxygens (including phenoxy) is 1. The predicted molar refractivity (Wildman–Crippen MR) is 113 cm³/mol. The minimum Gasteiger partial charge on any atom is -0.497 e. The Labute approximate surface area is 169 Å². The summed E-state index contributed by atoms with van der Waals surface area (Å²) >= 11 is 0. The van der Waals surface area contributed by atoms with Gasteiger partial charge in [-0.05, 0) is 49.2 Å². The number of ketones is 1. The van der Waals surface area contributed by atoms with Gasteiger partial charge in [0.1, 0.15) is 5.75 Å². The molecule has 29 heavy (non-hydrogen) atoms. The van der Waals surface area contributed by atoms with E-state index in [1.807, 2.05) is 36.4 Å². The summed E-state index contributed by atoms with van der Waals surface area (Å²) in [4.78, 5) is 28.1. The van der Waals surface area contributed by atoms with Crippen molar-refractivity contribution in [3.63, 3.8) is 0 Å². The third kappa shape index (κ3) is 5.65. The summed E-state index contributed by atoms with van der Waals surface area (Å²) in [5, 5.41) is 6.09. The van der Waals surface area contributed by atoms with Crippen LogP contribution in [-0.4, -0.2) is 30.3 Å². The zero-order valence-corrected chi connectivity index (χ0v) is 16.4. The van der Waals surface area contributed by atoms with E-state index in [-0.39, 0.29) is 11.7 Å². The predicted octanol–water partition coefficient (Wildman–Crippen LogP) is 4.01. The molecule has 2 N–H and O–H groups in total.